The lowest BCUT2D eigenvalue weighted by Crippen LogP contribution is -2.26. The number of fused-ring (bicyclic) bond motifs is 1. The van der Waals surface area contributed by atoms with Gasteiger partial charge in [0.2, 0.25) is 11.9 Å². The minimum atomic E-state index is -0.310. The molecule has 5 rings (SSSR count). The van der Waals surface area contributed by atoms with Crippen LogP contribution in [-0.4, -0.2) is 27.9 Å². The van der Waals surface area contributed by atoms with E-state index in [0.29, 0.717) is 36.1 Å². The van der Waals surface area contributed by atoms with E-state index in [1.807, 2.05) is 65.2 Å². The number of benzene rings is 4. The first-order valence-electron chi connectivity index (χ1n) is 14.5. The molecule has 5 aromatic rings. The van der Waals surface area contributed by atoms with Crippen LogP contribution in [0, 0.1) is 5.41 Å². The maximum atomic E-state index is 13.4. The van der Waals surface area contributed by atoms with Crippen LogP contribution >= 0.6 is 0 Å². The molecule has 2 amide bonds. The number of aromatic nitrogens is 2. The van der Waals surface area contributed by atoms with Crippen LogP contribution < -0.4 is 20.7 Å². The summed E-state index contributed by atoms with van der Waals surface area (Å²) >= 11 is 0. The van der Waals surface area contributed by atoms with Crippen molar-refractivity contribution in [3.05, 3.63) is 126 Å². The summed E-state index contributed by atoms with van der Waals surface area (Å²) in [6.45, 7) is 12.1. The smallest absolute Gasteiger partial charge is 0.257 e. The average Bonchev–Trinajstić information content (AvgIpc) is 3.37. The molecule has 0 aliphatic heterocycles. The predicted molar refractivity (Wildman–Crippen MR) is 176 cm³/mol. The van der Waals surface area contributed by atoms with Gasteiger partial charge in [-0.05, 0) is 77.2 Å². The standard InChI is InChI=1S/C36H37N5O3/c1-5-33(42)38-28-12-9-13-29(21-28)41-32-19-14-26(22-37-24-36(2,3)4)20-31(32)39-35(41)40-34(43)27-15-17-30(18-16-27)44-23-25-10-7-6-8-11-25/h5-21,37H,1,22-24H2,2-4H3,(H,38,42)(H,39,40,43). The molecule has 4 aromatic carbocycles. The number of carbonyl (C=O) groups is 2. The molecular formula is C36H37N5O3. The first kappa shape index (κ1) is 30.3. The lowest BCUT2D eigenvalue weighted by molar-refractivity contribution is -0.111. The number of amides is 2. The quantitative estimate of drug-likeness (QED) is 0.143. The van der Waals surface area contributed by atoms with Crippen molar-refractivity contribution >= 4 is 34.5 Å². The Kier molecular flexibility index (Phi) is 9.21. The number of nitrogens with one attached hydrogen (secondary N) is 3. The van der Waals surface area contributed by atoms with Crippen molar-refractivity contribution in [2.45, 2.75) is 33.9 Å². The number of nitrogens with zero attached hydrogens (tertiary/aromatic N) is 2. The molecule has 0 aliphatic rings. The van der Waals surface area contributed by atoms with Gasteiger partial charge in [-0.15, -0.1) is 0 Å². The van der Waals surface area contributed by atoms with Gasteiger partial charge in [-0.3, -0.25) is 19.5 Å². The van der Waals surface area contributed by atoms with E-state index in [2.05, 4.69) is 49.4 Å². The molecule has 1 heterocycles. The normalized spacial score (nSPS) is 11.2. The minimum absolute atomic E-state index is 0.168. The fraction of sp³-hybridized carbons (Fsp3) is 0.194. The SMILES string of the molecule is C=CC(=O)Nc1cccc(-n2c(NC(=O)c3ccc(OCc4ccccc4)cc3)nc3cc(CNCC(C)(C)C)ccc32)c1. The van der Waals surface area contributed by atoms with E-state index in [-0.39, 0.29) is 17.2 Å². The monoisotopic (exact) mass is 587 g/mol. The largest absolute Gasteiger partial charge is 0.489 e. The van der Waals surface area contributed by atoms with Crippen molar-refractivity contribution in [1.29, 1.82) is 0 Å². The predicted octanol–water partition coefficient (Wildman–Crippen LogP) is 7.12. The first-order valence-corrected chi connectivity index (χ1v) is 14.5. The molecular weight excluding hydrogens is 550 g/mol. The number of imidazole rings is 1. The maximum absolute atomic E-state index is 13.4. The fourth-order valence-electron chi connectivity index (χ4n) is 4.70. The molecule has 0 aliphatic carbocycles. The van der Waals surface area contributed by atoms with Crippen molar-refractivity contribution in [2.24, 2.45) is 5.41 Å². The summed E-state index contributed by atoms with van der Waals surface area (Å²) < 4.78 is 7.75. The third kappa shape index (κ3) is 7.79. The summed E-state index contributed by atoms with van der Waals surface area (Å²) in [5.74, 6) is 0.416. The number of anilines is 2. The number of hydrogen-bond donors (Lipinski definition) is 3. The molecule has 8 nitrogen and oxygen atoms in total. The molecule has 44 heavy (non-hydrogen) atoms. The third-order valence-corrected chi connectivity index (χ3v) is 6.85. The van der Waals surface area contributed by atoms with Crippen molar-refractivity contribution in [3.8, 4) is 11.4 Å². The summed E-state index contributed by atoms with van der Waals surface area (Å²) in [6.07, 6.45) is 1.22. The molecule has 0 unspecified atom stereocenters. The van der Waals surface area contributed by atoms with Gasteiger partial charge in [0.25, 0.3) is 5.91 Å². The molecule has 0 saturated heterocycles. The lowest BCUT2D eigenvalue weighted by Gasteiger charge is -2.18. The second-order valence-corrected chi connectivity index (χ2v) is 11.8. The van der Waals surface area contributed by atoms with Gasteiger partial charge in [-0.2, -0.15) is 0 Å². The Morgan fingerprint density at radius 3 is 2.39 bits per heavy atom. The van der Waals surface area contributed by atoms with E-state index in [9.17, 15) is 9.59 Å². The van der Waals surface area contributed by atoms with Crippen molar-refractivity contribution < 1.29 is 14.3 Å². The number of carbonyl (C=O) groups excluding carboxylic acids is 2. The number of ether oxygens (including phenoxy) is 1. The van der Waals surface area contributed by atoms with Crippen LogP contribution in [0.25, 0.3) is 16.7 Å². The van der Waals surface area contributed by atoms with Gasteiger partial charge >= 0.3 is 0 Å². The highest BCUT2D eigenvalue weighted by Crippen LogP contribution is 2.28. The average molecular weight is 588 g/mol. The molecule has 0 radical (unpaired) electrons. The van der Waals surface area contributed by atoms with E-state index in [1.165, 1.54) is 6.08 Å². The van der Waals surface area contributed by atoms with Gasteiger partial charge < -0.3 is 15.4 Å². The highest BCUT2D eigenvalue weighted by molar-refractivity contribution is 6.04. The highest BCUT2D eigenvalue weighted by atomic mass is 16.5. The summed E-state index contributed by atoms with van der Waals surface area (Å²) in [5.41, 5.74) is 5.67. The zero-order valence-electron chi connectivity index (χ0n) is 25.3. The molecule has 8 heteroatoms. The van der Waals surface area contributed by atoms with Crippen LogP contribution in [0.5, 0.6) is 5.75 Å². The van der Waals surface area contributed by atoms with Crippen LogP contribution in [-0.2, 0) is 17.9 Å². The van der Waals surface area contributed by atoms with Crippen molar-refractivity contribution in [3.63, 3.8) is 0 Å². The Morgan fingerprint density at radius 2 is 1.66 bits per heavy atom. The minimum Gasteiger partial charge on any atom is -0.489 e. The topological polar surface area (TPSA) is 97.3 Å². The van der Waals surface area contributed by atoms with Crippen molar-refractivity contribution in [2.75, 3.05) is 17.2 Å². The van der Waals surface area contributed by atoms with Crippen LogP contribution in [0.1, 0.15) is 42.3 Å². The van der Waals surface area contributed by atoms with E-state index in [4.69, 9.17) is 9.72 Å². The lowest BCUT2D eigenvalue weighted by atomic mass is 9.97. The highest BCUT2D eigenvalue weighted by Gasteiger charge is 2.18. The molecule has 224 valence electrons. The Labute approximate surface area is 257 Å². The van der Waals surface area contributed by atoms with E-state index >= 15 is 0 Å². The molecule has 1 aromatic heterocycles. The van der Waals surface area contributed by atoms with Gasteiger partial charge in [0.15, 0.2) is 0 Å². The Bertz CT molecular complexity index is 1770. The summed E-state index contributed by atoms with van der Waals surface area (Å²) in [7, 11) is 0. The van der Waals surface area contributed by atoms with Gasteiger partial charge in [0, 0.05) is 24.3 Å². The second-order valence-electron chi connectivity index (χ2n) is 11.8. The molecule has 0 bridgehead atoms. The molecule has 3 N–H and O–H groups in total. The Balaban J connectivity index is 1.41. The van der Waals surface area contributed by atoms with E-state index in [1.54, 1.807) is 30.3 Å². The summed E-state index contributed by atoms with van der Waals surface area (Å²) in [6, 6.07) is 30.4. The Morgan fingerprint density at radius 1 is 0.886 bits per heavy atom. The first-order chi connectivity index (χ1) is 21.2. The van der Waals surface area contributed by atoms with Crippen LogP contribution in [0.2, 0.25) is 0 Å². The summed E-state index contributed by atoms with van der Waals surface area (Å²) in [5, 5.41) is 9.30. The van der Waals surface area contributed by atoms with Crippen LogP contribution in [0.4, 0.5) is 11.6 Å². The van der Waals surface area contributed by atoms with Gasteiger partial charge in [-0.1, -0.05) is 69.8 Å². The van der Waals surface area contributed by atoms with Gasteiger partial charge in [0.1, 0.15) is 12.4 Å². The maximum Gasteiger partial charge on any atom is 0.257 e. The summed E-state index contributed by atoms with van der Waals surface area (Å²) in [4.78, 5) is 30.2. The number of hydrogen-bond acceptors (Lipinski definition) is 5. The number of rotatable bonds is 11. The molecule has 0 atom stereocenters. The molecule has 0 fully saturated rings. The van der Waals surface area contributed by atoms with Gasteiger partial charge in [-0.25, -0.2) is 4.98 Å². The van der Waals surface area contributed by atoms with Crippen LogP contribution in [0.3, 0.4) is 0 Å². The molecule has 0 spiro atoms. The van der Waals surface area contributed by atoms with E-state index < -0.39 is 0 Å². The van der Waals surface area contributed by atoms with Crippen LogP contribution in [0.15, 0.2) is 110 Å². The third-order valence-electron chi connectivity index (χ3n) is 6.85. The second kappa shape index (κ2) is 13.4. The van der Waals surface area contributed by atoms with E-state index in [0.717, 1.165) is 34.4 Å². The van der Waals surface area contributed by atoms with Gasteiger partial charge in [0.05, 0.1) is 16.7 Å². The fourth-order valence-corrected chi connectivity index (χ4v) is 4.70. The zero-order chi connectivity index (χ0) is 31.1. The zero-order valence-corrected chi connectivity index (χ0v) is 25.3. The van der Waals surface area contributed by atoms with Crippen molar-refractivity contribution in [1.82, 2.24) is 14.9 Å². The Hall–Kier alpha value is -5.21. The molecule has 0 saturated carbocycles.